The Labute approximate surface area is 180 Å². The third-order valence-electron chi connectivity index (χ3n) is 4.47. The van der Waals surface area contributed by atoms with Crippen molar-refractivity contribution in [3.05, 3.63) is 61.4 Å². The van der Waals surface area contributed by atoms with Gasteiger partial charge in [-0.3, -0.25) is 14.2 Å². The molecule has 152 valence electrons. The van der Waals surface area contributed by atoms with Crippen molar-refractivity contribution in [3.8, 4) is 0 Å². The van der Waals surface area contributed by atoms with E-state index >= 15 is 0 Å². The number of hydrogen-bond acceptors (Lipinski definition) is 6. The number of ether oxygens (including phenoxy) is 1. The van der Waals surface area contributed by atoms with Gasteiger partial charge in [-0.05, 0) is 31.0 Å². The first kappa shape index (κ1) is 21.2. The third-order valence-corrected chi connectivity index (χ3v) is 6.43. The van der Waals surface area contributed by atoms with Crippen molar-refractivity contribution in [1.82, 2.24) is 14.5 Å². The lowest BCUT2D eigenvalue weighted by Gasteiger charge is -2.18. The molecule has 0 aliphatic carbocycles. The zero-order valence-corrected chi connectivity index (χ0v) is 18.7. The highest BCUT2D eigenvalue weighted by molar-refractivity contribution is 9.10. The summed E-state index contributed by atoms with van der Waals surface area (Å²) in [6.45, 7) is 3.95. The molecule has 29 heavy (non-hydrogen) atoms. The highest BCUT2D eigenvalue weighted by atomic mass is 79.9. The number of fused-ring (bicyclic) bond motifs is 1. The maximum Gasteiger partial charge on any atom is 0.348 e. The van der Waals surface area contributed by atoms with Crippen LogP contribution in [-0.2, 0) is 22.6 Å². The van der Waals surface area contributed by atoms with Gasteiger partial charge < -0.3 is 9.64 Å². The van der Waals surface area contributed by atoms with Gasteiger partial charge in [-0.1, -0.05) is 34.1 Å². The Bertz CT molecular complexity index is 1140. The van der Waals surface area contributed by atoms with E-state index in [1.165, 1.54) is 10.9 Å². The summed E-state index contributed by atoms with van der Waals surface area (Å²) in [4.78, 5) is 44.3. The number of aromatic nitrogens is 2. The Morgan fingerprint density at radius 1 is 1.31 bits per heavy atom. The molecule has 2 heterocycles. The van der Waals surface area contributed by atoms with E-state index in [0.29, 0.717) is 27.2 Å². The lowest BCUT2D eigenvalue weighted by Crippen LogP contribution is -2.33. The van der Waals surface area contributed by atoms with Crippen LogP contribution in [0.5, 0.6) is 0 Å². The zero-order valence-electron chi connectivity index (χ0n) is 16.3. The summed E-state index contributed by atoms with van der Waals surface area (Å²) in [6, 6.07) is 7.65. The highest BCUT2D eigenvalue weighted by Crippen LogP contribution is 2.27. The summed E-state index contributed by atoms with van der Waals surface area (Å²) in [5.74, 6) is -0.689. The molecule has 0 saturated carbocycles. The summed E-state index contributed by atoms with van der Waals surface area (Å²) in [5, 5.41) is 0.349. The Hall–Kier alpha value is -2.52. The molecule has 3 rings (SSSR count). The van der Waals surface area contributed by atoms with E-state index in [1.54, 1.807) is 25.8 Å². The van der Waals surface area contributed by atoms with Gasteiger partial charge in [0.2, 0.25) is 5.91 Å². The fraction of sp³-hybridized carbons (Fsp3) is 0.300. The summed E-state index contributed by atoms with van der Waals surface area (Å²) >= 11 is 4.60. The molecule has 0 atom stereocenters. The number of rotatable bonds is 6. The molecule has 0 fully saturated rings. The van der Waals surface area contributed by atoms with Gasteiger partial charge in [0.15, 0.2) is 0 Å². The van der Waals surface area contributed by atoms with Crippen molar-refractivity contribution < 1.29 is 14.3 Å². The van der Waals surface area contributed by atoms with Crippen molar-refractivity contribution in [2.45, 2.75) is 26.9 Å². The zero-order chi connectivity index (χ0) is 21.1. The predicted octanol–water partition coefficient (Wildman–Crippen LogP) is 3.36. The second-order valence-corrected chi connectivity index (χ2v) is 8.33. The molecule has 2 aromatic heterocycles. The molecule has 0 spiro atoms. The second kappa shape index (κ2) is 8.87. The SMILES string of the molecule is CCOC(=O)c1sc2ncn(CC(=O)N(C)Cc3ccccc3Br)c(=O)c2c1C. The summed E-state index contributed by atoms with van der Waals surface area (Å²) in [7, 11) is 1.69. The van der Waals surface area contributed by atoms with Crippen LogP contribution in [0.15, 0.2) is 39.9 Å². The Kier molecular flexibility index (Phi) is 6.49. The highest BCUT2D eigenvalue weighted by Gasteiger charge is 2.21. The average Bonchev–Trinajstić information content (AvgIpc) is 3.03. The second-order valence-electron chi connectivity index (χ2n) is 6.48. The van der Waals surface area contributed by atoms with E-state index in [2.05, 4.69) is 20.9 Å². The van der Waals surface area contributed by atoms with Gasteiger partial charge in [0.25, 0.3) is 5.56 Å². The van der Waals surface area contributed by atoms with E-state index in [4.69, 9.17) is 4.74 Å². The van der Waals surface area contributed by atoms with Crippen LogP contribution in [0.2, 0.25) is 0 Å². The number of benzene rings is 1. The molecule has 0 bridgehead atoms. The van der Waals surface area contributed by atoms with Crippen molar-refractivity contribution in [1.29, 1.82) is 0 Å². The van der Waals surface area contributed by atoms with Crippen LogP contribution in [0.3, 0.4) is 0 Å². The third kappa shape index (κ3) is 4.40. The van der Waals surface area contributed by atoms with Crippen molar-refractivity contribution in [2.24, 2.45) is 0 Å². The van der Waals surface area contributed by atoms with Gasteiger partial charge in [-0.2, -0.15) is 0 Å². The number of halogens is 1. The summed E-state index contributed by atoms with van der Waals surface area (Å²) in [5.41, 5.74) is 1.16. The number of amides is 1. The van der Waals surface area contributed by atoms with Crippen molar-refractivity contribution in [2.75, 3.05) is 13.7 Å². The maximum atomic E-state index is 12.9. The first-order valence-corrected chi connectivity index (χ1v) is 10.6. The number of thiophene rings is 1. The van der Waals surface area contributed by atoms with Crippen molar-refractivity contribution in [3.63, 3.8) is 0 Å². The van der Waals surface area contributed by atoms with Gasteiger partial charge in [0.1, 0.15) is 16.3 Å². The normalized spacial score (nSPS) is 10.9. The molecule has 0 saturated heterocycles. The Morgan fingerprint density at radius 3 is 2.72 bits per heavy atom. The van der Waals surface area contributed by atoms with Crippen LogP contribution >= 0.6 is 27.3 Å². The lowest BCUT2D eigenvalue weighted by molar-refractivity contribution is -0.131. The molecule has 1 aromatic carbocycles. The van der Waals surface area contributed by atoms with Gasteiger partial charge in [0, 0.05) is 18.1 Å². The standard InChI is InChI=1S/C20H20BrN3O4S/c1-4-28-20(27)17-12(2)16-18(29-17)22-11-24(19(16)26)10-15(25)23(3)9-13-7-5-6-8-14(13)21/h5-8,11H,4,9-10H2,1-3H3. The Morgan fingerprint density at radius 2 is 2.03 bits per heavy atom. The first-order valence-electron chi connectivity index (χ1n) is 8.96. The smallest absolute Gasteiger partial charge is 0.348 e. The van der Waals surface area contributed by atoms with Crippen LogP contribution in [0.1, 0.15) is 27.7 Å². The van der Waals surface area contributed by atoms with Gasteiger partial charge in [0.05, 0.1) is 18.3 Å². The molecular weight excluding hydrogens is 458 g/mol. The number of hydrogen-bond donors (Lipinski definition) is 0. The van der Waals surface area contributed by atoms with E-state index in [9.17, 15) is 14.4 Å². The molecule has 0 aliphatic heterocycles. The Balaban J connectivity index is 1.84. The number of likely N-dealkylation sites (N-methyl/N-ethyl adjacent to an activating group) is 1. The minimum Gasteiger partial charge on any atom is -0.462 e. The van der Waals surface area contributed by atoms with Crippen LogP contribution in [-0.4, -0.2) is 40.0 Å². The lowest BCUT2D eigenvalue weighted by atomic mass is 10.2. The molecule has 0 aliphatic rings. The topological polar surface area (TPSA) is 81.5 Å². The van der Waals surface area contributed by atoms with Gasteiger partial charge in [-0.15, -0.1) is 11.3 Å². The molecule has 0 N–H and O–H groups in total. The maximum absolute atomic E-state index is 12.9. The van der Waals surface area contributed by atoms with Gasteiger partial charge in [-0.25, -0.2) is 9.78 Å². The monoisotopic (exact) mass is 477 g/mol. The van der Waals surface area contributed by atoms with Crippen LogP contribution in [0.4, 0.5) is 0 Å². The fourth-order valence-corrected chi connectivity index (χ4v) is 4.34. The molecule has 0 radical (unpaired) electrons. The number of carbonyl (C=O) groups excluding carboxylic acids is 2. The van der Waals surface area contributed by atoms with Gasteiger partial charge >= 0.3 is 5.97 Å². The summed E-state index contributed by atoms with van der Waals surface area (Å²) in [6.07, 6.45) is 1.35. The molecule has 0 unspecified atom stereocenters. The molecule has 3 aromatic rings. The number of nitrogens with zero attached hydrogens (tertiary/aromatic N) is 3. The quantitative estimate of drug-likeness (QED) is 0.508. The number of carbonyl (C=O) groups is 2. The molecule has 9 heteroatoms. The number of aryl methyl sites for hydroxylation is 1. The van der Waals surface area contributed by atoms with Crippen LogP contribution in [0.25, 0.3) is 10.2 Å². The van der Waals surface area contributed by atoms with E-state index in [1.807, 2.05) is 24.3 Å². The summed E-state index contributed by atoms with van der Waals surface area (Å²) < 4.78 is 7.23. The fourth-order valence-electron chi connectivity index (χ4n) is 2.90. The minimum absolute atomic E-state index is 0.132. The molecular formula is C20H20BrN3O4S. The van der Waals surface area contributed by atoms with Crippen LogP contribution in [0, 0.1) is 6.92 Å². The minimum atomic E-state index is -0.469. The van der Waals surface area contributed by atoms with E-state index in [0.717, 1.165) is 21.4 Å². The van der Waals surface area contributed by atoms with E-state index in [-0.39, 0.29) is 24.6 Å². The molecule has 7 nitrogen and oxygen atoms in total. The van der Waals surface area contributed by atoms with E-state index < -0.39 is 5.97 Å². The average molecular weight is 478 g/mol. The molecule has 1 amide bonds. The van der Waals surface area contributed by atoms with Crippen molar-refractivity contribution >= 4 is 49.4 Å². The predicted molar refractivity (Wildman–Crippen MR) is 115 cm³/mol. The van der Waals surface area contributed by atoms with Crippen LogP contribution < -0.4 is 5.56 Å². The number of esters is 1. The first-order chi connectivity index (χ1) is 13.8. The largest absolute Gasteiger partial charge is 0.462 e.